The zero-order chi connectivity index (χ0) is 24.4. The molecule has 0 bridgehead atoms. The van der Waals surface area contributed by atoms with Gasteiger partial charge in [-0.15, -0.1) is 0 Å². The maximum absolute atomic E-state index is 13.8. The number of anilines is 1. The molecule has 180 valence electrons. The molecule has 1 aromatic carbocycles. The van der Waals surface area contributed by atoms with Gasteiger partial charge < -0.3 is 15.8 Å². The Morgan fingerprint density at radius 2 is 1.97 bits per heavy atom. The summed E-state index contributed by atoms with van der Waals surface area (Å²) in [7, 11) is 1.59. The zero-order valence-electron chi connectivity index (χ0n) is 19.3. The van der Waals surface area contributed by atoms with E-state index in [0.717, 1.165) is 35.2 Å². The van der Waals surface area contributed by atoms with Crippen LogP contribution in [-0.2, 0) is 0 Å². The van der Waals surface area contributed by atoms with E-state index < -0.39 is 5.82 Å². The topological polar surface area (TPSA) is 89.8 Å². The summed E-state index contributed by atoms with van der Waals surface area (Å²) in [5, 5.41) is 8.61. The van der Waals surface area contributed by atoms with Gasteiger partial charge in [0.15, 0.2) is 0 Å². The fourth-order valence-electron chi connectivity index (χ4n) is 4.44. The van der Waals surface area contributed by atoms with Gasteiger partial charge >= 0.3 is 0 Å². The fraction of sp³-hybridized carbons (Fsp3) is 0.269. The van der Waals surface area contributed by atoms with E-state index in [-0.39, 0.29) is 11.5 Å². The van der Waals surface area contributed by atoms with Crippen LogP contribution in [0.15, 0.2) is 60.0 Å². The third-order valence-electron chi connectivity index (χ3n) is 6.29. The molecule has 0 unspecified atom stereocenters. The number of nitrogens with two attached hydrogens (primary N) is 1. The number of nitrogens with one attached hydrogen (secondary N) is 1. The minimum atomic E-state index is -0.431. The molecule has 4 aromatic rings. The van der Waals surface area contributed by atoms with Crippen LogP contribution in [0.2, 0.25) is 5.02 Å². The van der Waals surface area contributed by atoms with Gasteiger partial charge in [-0.25, -0.2) is 18.9 Å². The third kappa shape index (κ3) is 4.93. The molecule has 0 spiro atoms. The lowest BCUT2D eigenvalue weighted by molar-refractivity contribution is 0.398. The number of methoxy groups -OCH3 is 1. The molecule has 7 nitrogen and oxygen atoms in total. The quantitative estimate of drug-likeness (QED) is 0.255. The summed E-state index contributed by atoms with van der Waals surface area (Å²) < 4.78 is 20.8. The highest BCUT2D eigenvalue weighted by molar-refractivity contribution is 6.33. The van der Waals surface area contributed by atoms with E-state index in [1.807, 2.05) is 28.9 Å². The molecule has 1 aliphatic carbocycles. The number of rotatable bonds is 6. The smallest absolute Gasteiger partial charge is 0.212 e. The zero-order valence-corrected chi connectivity index (χ0v) is 20.1. The van der Waals surface area contributed by atoms with E-state index in [1.54, 1.807) is 19.5 Å². The summed E-state index contributed by atoms with van der Waals surface area (Å²) in [6, 6.07) is 10.2. The van der Waals surface area contributed by atoms with Crippen molar-refractivity contribution in [3.63, 3.8) is 0 Å². The highest BCUT2D eigenvalue weighted by Crippen LogP contribution is 2.32. The molecule has 0 atom stereocenters. The molecule has 5 rings (SSSR count). The van der Waals surface area contributed by atoms with Crippen LogP contribution in [-0.4, -0.2) is 33.6 Å². The second kappa shape index (κ2) is 9.92. The Labute approximate surface area is 207 Å². The monoisotopic (exact) mass is 492 g/mol. The molecule has 0 saturated heterocycles. The molecule has 3 aromatic heterocycles. The maximum Gasteiger partial charge on any atom is 0.212 e. The van der Waals surface area contributed by atoms with Gasteiger partial charge in [-0.3, -0.25) is 0 Å². The van der Waals surface area contributed by atoms with E-state index in [9.17, 15) is 4.39 Å². The number of halogens is 2. The number of nitrogens with zero attached hydrogens (tertiary/aromatic N) is 4. The van der Waals surface area contributed by atoms with Gasteiger partial charge in [-0.05, 0) is 37.1 Å². The standard InChI is InChI=1S/C26H26ClFN6O/c1-35-24-10-7-16(13-30-24)17-11-23-25(32-19-5-3-2-4-6-19)20(14-31-34(23)15-17)26(29)33-22-12-18(28)8-9-21(22)27/h7-15,19,32H,2-6H2,1H3,(H2,29,33). The molecule has 3 heterocycles. The number of aromatic nitrogens is 3. The van der Waals surface area contributed by atoms with Gasteiger partial charge in [-0.2, -0.15) is 5.10 Å². The SMILES string of the molecule is COc1ccc(-c2cc3c(NC4CCCCC4)c(/C(N)=N/c4cc(F)ccc4Cl)cnn3c2)cn1. The van der Waals surface area contributed by atoms with Crippen LogP contribution in [0.4, 0.5) is 15.8 Å². The van der Waals surface area contributed by atoms with Crippen molar-refractivity contribution < 1.29 is 9.13 Å². The molecule has 35 heavy (non-hydrogen) atoms. The molecular formula is C26H26ClFN6O. The number of hydrogen-bond acceptors (Lipinski definition) is 5. The highest BCUT2D eigenvalue weighted by Gasteiger charge is 2.20. The van der Waals surface area contributed by atoms with Crippen LogP contribution < -0.4 is 15.8 Å². The number of hydrogen-bond donors (Lipinski definition) is 2. The molecule has 0 aliphatic heterocycles. The van der Waals surface area contributed by atoms with Crippen molar-refractivity contribution in [3.05, 3.63) is 71.4 Å². The third-order valence-corrected chi connectivity index (χ3v) is 6.61. The first-order chi connectivity index (χ1) is 17.0. The maximum atomic E-state index is 13.8. The molecule has 1 aliphatic rings. The average Bonchev–Trinajstić information content (AvgIpc) is 3.32. The molecule has 9 heteroatoms. The van der Waals surface area contributed by atoms with Crippen molar-refractivity contribution in [1.82, 2.24) is 14.6 Å². The largest absolute Gasteiger partial charge is 0.481 e. The molecule has 3 N–H and O–H groups in total. The van der Waals surface area contributed by atoms with Crippen molar-refractivity contribution in [1.29, 1.82) is 0 Å². The Bertz CT molecular complexity index is 1380. The van der Waals surface area contributed by atoms with Crippen LogP contribution in [0.25, 0.3) is 16.6 Å². The van der Waals surface area contributed by atoms with Crippen LogP contribution in [0.5, 0.6) is 5.88 Å². The number of aliphatic imine (C=N–C) groups is 1. The highest BCUT2D eigenvalue weighted by atomic mass is 35.5. The van der Waals surface area contributed by atoms with Gasteiger partial charge in [0.05, 0.1) is 40.8 Å². The number of benzene rings is 1. The van der Waals surface area contributed by atoms with Crippen LogP contribution in [0, 0.1) is 5.82 Å². The minimum Gasteiger partial charge on any atom is -0.481 e. The summed E-state index contributed by atoms with van der Waals surface area (Å²) >= 11 is 6.23. The molecule has 1 fully saturated rings. The summed E-state index contributed by atoms with van der Waals surface area (Å²) in [4.78, 5) is 8.76. The summed E-state index contributed by atoms with van der Waals surface area (Å²) in [5.41, 5.74) is 11.0. The van der Waals surface area contributed by atoms with E-state index in [2.05, 4.69) is 20.4 Å². The summed E-state index contributed by atoms with van der Waals surface area (Å²) in [6.07, 6.45) is 11.2. The van der Waals surface area contributed by atoms with Crippen molar-refractivity contribution in [2.24, 2.45) is 10.7 Å². The second-order valence-electron chi connectivity index (χ2n) is 8.65. The Morgan fingerprint density at radius 1 is 1.14 bits per heavy atom. The van der Waals surface area contributed by atoms with Gasteiger partial charge in [0.1, 0.15) is 11.7 Å². The Kier molecular flexibility index (Phi) is 6.55. The van der Waals surface area contributed by atoms with E-state index in [1.165, 1.54) is 37.5 Å². The summed E-state index contributed by atoms with van der Waals surface area (Å²) in [5.74, 6) is 0.330. The van der Waals surface area contributed by atoms with Gasteiger partial charge in [0.2, 0.25) is 5.88 Å². The Balaban J connectivity index is 1.61. The van der Waals surface area contributed by atoms with Crippen molar-refractivity contribution in [3.8, 4) is 17.0 Å². The van der Waals surface area contributed by atoms with E-state index >= 15 is 0 Å². The van der Waals surface area contributed by atoms with Crippen LogP contribution in [0.3, 0.4) is 0 Å². The number of amidine groups is 1. The first kappa shape index (κ1) is 23.1. The number of fused-ring (bicyclic) bond motifs is 1. The number of pyridine rings is 1. The first-order valence-corrected chi connectivity index (χ1v) is 12.0. The van der Waals surface area contributed by atoms with Crippen LogP contribution >= 0.6 is 11.6 Å². The minimum absolute atomic E-state index is 0.208. The predicted octanol–water partition coefficient (Wildman–Crippen LogP) is 5.98. The Morgan fingerprint density at radius 3 is 2.71 bits per heavy atom. The van der Waals surface area contributed by atoms with E-state index in [0.29, 0.717) is 22.5 Å². The fourth-order valence-corrected chi connectivity index (χ4v) is 4.60. The van der Waals surface area contributed by atoms with Crippen LogP contribution in [0.1, 0.15) is 37.7 Å². The van der Waals surface area contributed by atoms with Crippen molar-refractivity contribution >= 4 is 34.3 Å². The molecule has 1 saturated carbocycles. The lowest BCUT2D eigenvalue weighted by Crippen LogP contribution is -2.25. The van der Waals surface area contributed by atoms with Gasteiger partial charge in [-0.1, -0.05) is 30.9 Å². The van der Waals surface area contributed by atoms with Gasteiger partial charge in [0.25, 0.3) is 0 Å². The number of ether oxygens (including phenoxy) is 1. The molecule has 0 amide bonds. The van der Waals surface area contributed by atoms with Gasteiger partial charge in [0, 0.05) is 41.7 Å². The van der Waals surface area contributed by atoms with E-state index in [4.69, 9.17) is 22.1 Å². The van der Waals surface area contributed by atoms with Crippen molar-refractivity contribution in [2.45, 2.75) is 38.1 Å². The lowest BCUT2D eigenvalue weighted by atomic mass is 9.95. The lowest BCUT2D eigenvalue weighted by Gasteiger charge is -2.25. The Hall–Kier alpha value is -3.65. The first-order valence-electron chi connectivity index (χ1n) is 11.6. The second-order valence-corrected chi connectivity index (χ2v) is 9.06. The molecular weight excluding hydrogens is 467 g/mol. The summed E-state index contributed by atoms with van der Waals surface area (Å²) in [6.45, 7) is 0. The van der Waals surface area contributed by atoms with Crippen molar-refractivity contribution in [2.75, 3.05) is 12.4 Å². The normalized spacial score (nSPS) is 14.9. The predicted molar refractivity (Wildman–Crippen MR) is 137 cm³/mol. The molecule has 0 radical (unpaired) electrons. The average molecular weight is 493 g/mol.